The van der Waals surface area contributed by atoms with Crippen molar-refractivity contribution in [2.24, 2.45) is 0 Å². The zero-order valence-electron chi connectivity index (χ0n) is 9.43. The number of rotatable bonds is 5. The Morgan fingerprint density at radius 1 is 1.56 bits per heavy atom. The fourth-order valence-corrected chi connectivity index (χ4v) is 1.68. The Bertz CT molecular complexity index is 349. The molecule has 1 fully saturated rings. The van der Waals surface area contributed by atoms with E-state index in [-0.39, 0.29) is 12.5 Å². The van der Waals surface area contributed by atoms with E-state index in [1.165, 1.54) is 0 Å². The van der Waals surface area contributed by atoms with E-state index in [1.807, 2.05) is 23.1 Å². The van der Waals surface area contributed by atoms with Crippen molar-refractivity contribution in [1.29, 1.82) is 0 Å². The molecular formula is C12H16N2O2. The minimum atomic E-state index is 0.0515. The molecule has 1 aromatic rings. The van der Waals surface area contributed by atoms with E-state index >= 15 is 0 Å². The molecule has 1 saturated carbocycles. The van der Waals surface area contributed by atoms with E-state index in [4.69, 9.17) is 4.74 Å². The molecule has 4 nitrogen and oxygen atoms in total. The third-order valence-electron chi connectivity index (χ3n) is 2.63. The summed E-state index contributed by atoms with van der Waals surface area (Å²) < 4.78 is 4.89. The van der Waals surface area contributed by atoms with Crippen LogP contribution in [0.4, 0.5) is 0 Å². The first kappa shape index (κ1) is 11.1. The molecule has 1 aromatic heterocycles. The van der Waals surface area contributed by atoms with Gasteiger partial charge in [0.2, 0.25) is 5.91 Å². The number of hydrogen-bond acceptors (Lipinski definition) is 3. The Morgan fingerprint density at radius 2 is 2.38 bits per heavy atom. The lowest BCUT2D eigenvalue weighted by molar-refractivity contribution is -0.136. The van der Waals surface area contributed by atoms with E-state index in [2.05, 4.69) is 4.98 Å². The number of hydrogen-bond donors (Lipinski definition) is 0. The summed E-state index contributed by atoms with van der Waals surface area (Å²) in [6.07, 6.45) is 3.95. The molecule has 4 heteroatoms. The van der Waals surface area contributed by atoms with Crippen molar-refractivity contribution in [3.63, 3.8) is 0 Å². The topological polar surface area (TPSA) is 42.4 Å². The highest BCUT2D eigenvalue weighted by atomic mass is 16.5. The van der Waals surface area contributed by atoms with Crippen LogP contribution in [0.3, 0.4) is 0 Å². The number of methoxy groups -OCH3 is 1. The summed E-state index contributed by atoms with van der Waals surface area (Å²) in [7, 11) is 1.55. The predicted octanol–water partition coefficient (Wildman–Crippen LogP) is 1.22. The van der Waals surface area contributed by atoms with Crippen LogP contribution in [0.1, 0.15) is 18.5 Å². The van der Waals surface area contributed by atoms with Crippen LogP contribution in [0.5, 0.6) is 0 Å². The van der Waals surface area contributed by atoms with Crippen LogP contribution in [0, 0.1) is 0 Å². The smallest absolute Gasteiger partial charge is 0.249 e. The number of pyridine rings is 1. The van der Waals surface area contributed by atoms with Crippen molar-refractivity contribution in [3.05, 3.63) is 30.1 Å². The van der Waals surface area contributed by atoms with Crippen molar-refractivity contribution >= 4 is 5.91 Å². The van der Waals surface area contributed by atoms with Crippen LogP contribution < -0.4 is 0 Å². The second kappa shape index (κ2) is 5.07. The minimum absolute atomic E-state index is 0.0515. The van der Waals surface area contributed by atoms with Gasteiger partial charge in [-0.3, -0.25) is 9.78 Å². The summed E-state index contributed by atoms with van der Waals surface area (Å²) >= 11 is 0. The number of aromatic nitrogens is 1. The maximum atomic E-state index is 11.8. The van der Waals surface area contributed by atoms with Crippen LogP contribution >= 0.6 is 0 Å². The fourth-order valence-electron chi connectivity index (χ4n) is 1.68. The van der Waals surface area contributed by atoms with Crippen LogP contribution in [0.25, 0.3) is 0 Å². The first-order chi connectivity index (χ1) is 7.81. The Balaban J connectivity index is 2.00. The van der Waals surface area contributed by atoms with Crippen LogP contribution in [0.15, 0.2) is 24.4 Å². The first-order valence-electron chi connectivity index (χ1n) is 5.49. The Labute approximate surface area is 95.2 Å². The normalized spacial score (nSPS) is 14.8. The van der Waals surface area contributed by atoms with Crippen molar-refractivity contribution in [2.75, 3.05) is 13.7 Å². The largest absolute Gasteiger partial charge is 0.375 e. The van der Waals surface area contributed by atoms with E-state index in [0.29, 0.717) is 12.6 Å². The summed E-state index contributed by atoms with van der Waals surface area (Å²) in [5.41, 5.74) is 0.929. The van der Waals surface area contributed by atoms with E-state index < -0.39 is 0 Å². The molecule has 0 radical (unpaired) electrons. The van der Waals surface area contributed by atoms with Gasteiger partial charge in [0.15, 0.2) is 0 Å². The summed E-state index contributed by atoms with van der Waals surface area (Å²) in [6.45, 7) is 0.747. The zero-order valence-corrected chi connectivity index (χ0v) is 9.43. The molecule has 1 heterocycles. The lowest BCUT2D eigenvalue weighted by atomic mass is 10.3. The Hall–Kier alpha value is -1.42. The second-order valence-corrected chi connectivity index (χ2v) is 4.01. The molecule has 86 valence electrons. The van der Waals surface area contributed by atoms with Crippen molar-refractivity contribution in [3.8, 4) is 0 Å². The van der Waals surface area contributed by atoms with Crippen LogP contribution in [0.2, 0.25) is 0 Å². The zero-order chi connectivity index (χ0) is 11.4. The molecule has 16 heavy (non-hydrogen) atoms. The monoisotopic (exact) mass is 220 g/mol. The van der Waals surface area contributed by atoms with E-state index in [0.717, 1.165) is 18.5 Å². The molecule has 1 aliphatic rings. The molecule has 0 atom stereocenters. The first-order valence-corrected chi connectivity index (χ1v) is 5.49. The quantitative estimate of drug-likeness (QED) is 0.749. The molecule has 1 amide bonds. The number of nitrogens with zero attached hydrogens (tertiary/aromatic N) is 2. The van der Waals surface area contributed by atoms with Gasteiger partial charge in [-0.05, 0) is 25.0 Å². The van der Waals surface area contributed by atoms with E-state index in [1.54, 1.807) is 13.3 Å². The number of amides is 1. The lowest BCUT2D eigenvalue weighted by Gasteiger charge is -2.21. The van der Waals surface area contributed by atoms with Gasteiger partial charge in [0.25, 0.3) is 0 Å². The SMILES string of the molecule is COCC(=O)N(Cc1ccccn1)C1CC1. The average molecular weight is 220 g/mol. The molecule has 2 rings (SSSR count). The minimum Gasteiger partial charge on any atom is -0.375 e. The highest BCUT2D eigenvalue weighted by Gasteiger charge is 2.32. The lowest BCUT2D eigenvalue weighted by Crippen LogP contribution is -2.35. The molecule has 0 aromatic carbocycles. The highest BCUT2D eigenvalue weighted by Crippen LogP contribution is 2.28. The maximum absolute atomic E-state index is 11.8. The fraction of sp³-hybridized carbons (Fsp3) is 0.500. The van der Waals surface area contributed by atoms with Crippen LogP contribution in [-0.2, 0) is 16.1 Å². The molecular weight excluding hydrogens is 204 g/mol. The maximum Gasteiger partial charge on any atom is 0.249 e. The van der Waals surface area contributed by atoms with Crippen molar-refractivity contribution < 1.29 is 9.53 Å². The number of carbonyl (C=O) groups is 1. The number of ether oxygens (including phenoxy) is 1. The van der Waals surface area contributed by atoms with Gasteiger partial charge < -0.3 is 9.64 Å². The molecule has 0 spiro atoms. The molecule has 0 unspecified atom stereocenters. The van der Waals surface area contributed by atoms with Gasteiger partial charge in [-0.25, -0.2) is 0 Å². The molecule has 1 aliphatic carbocycles. The van der Waals surface area contributed by atoms with Gasteiger partial charge in [-0.1, -0.05) is 6.07 Å². The highest BCUT2D eigenvalue weighted by molar-refractivity contribution is 5.78. The molecule has 0 N–H and O–H groups in total. The Morgan fingerprint density at radius 3 is 2.94 bits per heavy atom. The van der Waals surface area contributed by atoms with Gasteiger partial charge in [0, 0.05) is 19.3 Å². The second-order valence-electron chi connectivity index (χ2n) is 4.01. The van der Waals surface area contributed by atoms with Gasteiger partial charge in [0.05, 0.1) is 12.2 Å². The molecule has 0 aliphatic heterocycles. The number of carbonyl (C=O) groups excluding carboxylic acids is 1. The summed E-state index contributed by atoms with van der Waals surface area (Å²) in [6, 6.07) is 6.15. The average Bonchev–Trinajstić information content (AvgIpc) is 3.11. The molecule has 0 saturated heterocycles. The predicted molar refractivity (Wildman–Crippen MR) is 59.7 cm³/mol. The summed E-state index contributed by atoms with van der Waals surface area (Å²) in [4.78, 5) is 17.9. The summed E-state index contributed by atoms with van der Waals surface area (Å²) in [5.74, 6) is 0.0515. The van der Waals surface area contributed by atoms with E-state index in [9.17, 15) is 4.79 Å². The van der Waals surface area contributed by atoms with Gasteiger partial charge in [-0.15, -0.1) is 0 Å². The van der Waals surface area contributed by atoms with Gasteiger partial charge in [0.1, 0.15) is 6.61 Å². The van der Waals surface area contributed by atoms with Gasteiger partial charge >= 0.3 is 0 Å². The van der Waals surface area contributed by atoms with Crippen molar-refractivity contribution in [2.45, 2.75) is 25.4 Å². The third kappa shape index (κ3) is 2.79. The molecule has 0 bridgehead atoms. The van der Waals surface area contributed by atoms with Gasteiger partial charge in [-0.2, -0.15) is 0 Å². The van der Waals surface area contributed by atoms with Crippen LogP contribution in [-0.4, -0.2) is 35.5 Å². The Kier molecular flexibility index (Phi) is 3.51. The third-order valence-corrected chi connectivity index (χ3v) is 2.63. The van der Waals surface area contributed by atoms with Crippen molar-refractivity contribution in [1.82, 2.24) is 9.88 Å². The summed E-state index contributed by atoms with van der Waals surface area (Å²) in [5, 5.41) is 0. The standard InChI is InChI=1S/C12H16N2O2/c1-16-9-12(15)14(11-5-6-11)8-10-4-2-3-7-13-10/h2-4,7,11H,5-6,8-9H2,1H3.